The minimum Gasteiger partial charge on any atom is -0.294 e. The fraction of sp³-hybridized carbons (Fsp3) is 0.375. The molecule has 0 spiro atoms. The van der Waals surface area contributed by atoms with E-state index in [1.165, 1.54) is 0 Å². The van der Waals surface area contributed by atoms with Gasteiger partial charge < -0.3 is 0 Å². The molecule has 1 amide bonds. The maximum atomic E-state index is 11.5. The number of amides is 1. The van der Waals surface area contributed by atoms with Crippen LogP contribution < -0.4 is 4.90 Å². The minimum atomic E-state index is 0.0994. The second kappa shape index (κ2) is 4.09. The Bertz CT molecular complexity index is 356. The van der Waals surface area contributed by atoms with Gasteiger partial charge in [0.15, 0.2) is 5.82 Å². The van der Waals surface area contributed by atoms with Crippen molar-refractivity contribution in [2.24, 2.45) is 0 Å². The third-order valence-corrected chi connectivity index (χ3v) is 3.16. The lowest BCUT2D eigenvalue weighted by atomic mass is 10.4. The van der Waals surface area contributed by atoms with E-state index in [0.717, 1.165) is 3.70 Å². The Balaban J connectivity index is 2.23. The molecule has 0 radical (unpaired) electrons. The molecule has 0 saturated carbocycles. The zero-order valence-electron chi connectivity index (χ0n) is 7.15. The van der Waals surface area contributed by atoms with Crippen molar-refractivity contribution in [3.63, 3.8) is 0 Å². The van der Waals surface area contributed by atoms with Crippen LogP contribution >= 0.6 is 38.5 Å². The van der Waals surface area contributed by atoms with Crippen LogP contribution in [0.5, 0.6) is 0 Å². The smallest absolute Gasteiger partial charge is 0.229 e. The Labute approximate surface area is 103 Å². The summed E-state index contributed by atoms with van der Waals surface area (Å²) in [6, 6.07) is 3.66. The molecule has 1 saturated heterocycles. The van der Waals surface area contributed by atoms with E-state index < -0.39 is 0 Å². The molecule has 74 valence electrons. The molecule has 6 heteroatoms. The third-order valence-electron chi connectivity index (χ3n) is 1.97. The molecule has 0 aliphatic carbocycles. The highest BCUT2D eigenvalue weighted by Gasteiger charge is 2.29. The Morgan fingerprint density at radius 1 is 1.50 bits per heavy atom. The lowest BCUT2D eigenvalue weighted by molar-refractivity contribution is -0.117. The minimum absolute atomic E-state index is 0.0994. The molecule has 1 unspecified atom stereocenters. The second-order valence-electron chi connectivity index (χ2n) is 3.02. The highest BCUT2D eigenvalue weighted by atomic mass is 127. The van der Waals surface area contributed by atoms with Gasteiger partial charge in [0.1, 0.15) is 3.70 Å². The van der Waals surface area contributed by atoms with Crippen LogP contribution in [0.2, 0.25) is 0 Å². The Morgan fingerprint density at radius 3 is 2.79 bits per heavy atom. The van der Waals surface area contributed by atoms with E-state index in [1.54, 1.807) is 4.90 Å². The predicted molar refractivity (Wildman–Crippen MR) is 64.4 cm³/mol. The number of carbonyl (C=O) groups excluding carboxylic acids is 1. The summed E-state index contributed by atoms with van der Waals surface area (Å²) in [6.45, 7) is 0.675. The fourth-order valence-electron chi connectivity index (χ4n) is 1.34. The number of anilines is 1. The molecule has 2 rings (SSSR count). The average Bonchev–Trinajstić information content (AvgIpc) is 2.47. The number of nitrogens with zero attached hydrogens (tertiary/aromatic N) is 3. The van der Waals surface area contributed by atoms with Gasteiger partial charge in [-0.05, 0) is 34.7 Å². The maximum absolute atomic E-state index is 11.5. The molecule has 1 fully saturated rings. The third kappa shape index (κ3) is 2.05. The number of aromatic nitrogens is 2. The molecule has 1 atom stereocenters. The van der Waals surface area contributed by atoms with Crippen molar-refractivity contribution in [3.05, 3.63) is 15.8 Å². The van der Waals surface area contributed by atoms with E-state index in [2.05, 4.69) is 48.7 Å². The Kier molecular flexibility index (Phi) is 3.01. The van der Waals surface area contributed by atoms with Crippen molar-refractivity contribution in [3.8, 4) is 0 Å². The summed E-state index contributed by atoms with van der Waals surface area (Å²) in [6.07, 6.45) is 0.535. The topological polar surface area (TPSA) is 46.1 Å². The van der Waals surface area contributed by atoms with Gasteiger partial charge >= 0.3 is 0 Å². The first-order valence-electron chi connectivity index (χ1n) is 4.10. The SMILES string of the molecule is O=C1CC(Br)CN1c1ccc(I)nn1. The zero-order valence-corrected chi connectivity index (χ0v) is 10.9. The molecule has 0 aromatic carbocycles. The summed E-state index contributed by atoms with van der Waals surface area (Å²) < 4.78 is 0.827. The van der Waals surface area contributed by atoms with Gasteiger partial charge in [-0.2, -0.15) is 0 Å². The van der Waals surface area contributed by atoms with Gasteiger partial charge in [0.2, 0.25) is 5.91 Å². The number of halogens is 2. The lowest BCUT2D eigenvalue weighted by Crippen LogP contribution is -2.25. The van der Waals surface area contributed by atoms with Crippen LogP contribution in [0.4, 0.5) is 5.82 Å². The van der Waals surface area contributed by atoms with Crippen molar-refractivity contribution in [1.29, 1.82) is 0 Å². The zero-order chi connectivity index (χ0) is 10.1. The average molecular weight is 368 g/mol. The summed E-state index contributed by atoms with van der Waals surface area (Å²) in [5.74, 6) is 0.736. The van der Waals surface area contributed by atoms with E-state index in [4.69, 9.17) is 0 Å². The van der Waals surface area contributed by atoms with Gasteiger partial charge in [0.05, 0.1) is 0 Å². The number of carbonyl (C=O) groups is 1. The van der Waals surface area contributed by atoms with E-state index in [-0.39, 0.29) is 10.7 Å². The van der Waals surface area contributed by atoms with Crippen molar-refractivity contribution < 1.29 is 4.79 Å². The summed E-state index contributed by atoms with van der Waals surface area (Å²) in [5.41, 5.74) is 0. The quantitative estimate of drug-likeness (QED) is 0.559. The monoisotopic (exact) mass is 367 g/mol. The number of hydrogen-bond donors (Lipinski definition) is 0. The Hall–Kier alpha value is -0.240. The summed E-state index contributed by atoms with van der Waals surface area (Å²) in [4.78, 5) is 13.4. The molecule has 14 heavy (non-hydrogen) atoms. The van der Waals surface area contributed by atoms with E-state index in [1.807, 2.05) is 12.1 Å². The summed E-state index contributed by atoms with van der Waals surface area (Å²) in [7, 11) is 0. The molecule has 1 aliphatic heterocycles. The van der Waals surface area contributed by atoms with Crippen LogP contribution in [0.1, 0.15) is 6.42 Å². The van der Waals surface area contributed by atoms with Gasteiger partial charge in [0, 0.05) is 17.8 Å². The van der Waals surface area contributed by atoms with Crippen LogP contribution in [0.25, 0.3) is 0 Å². The standard InChI is InChI=1S/C8H7BrIN3O/c9-5-3-8(14)13(4-5)7-2-1-6(10)11-12-7/h1-2,5H,3-4H2. The van der Waals surface area contributed by atoms with Crippen LogP contribution in [-0.4, -0.2) is 27.5 Å². The van der Waals surface area contributed by atoms with Crippen molar-refractivity contribution >= 4 is 50.2 Å². The number of alkyl halides is 1. The first-order valence-corrected chi connectivity index (χ1v) is 6.10. The lowest BCUT2D eigenvalue weighted by Gasteiger charge is -2.13. The van der Waals surface area contributed by atoms with Gasteiger partial charge in [-0.25, -0.2) is 0 Å². The van der Waals surface area contributed by atoms with E-state index >= 15 is 0 Å². The van der Waals surface area contributed by atoms with Crippen LogP contribution in [0, 0.1) is 3.70 Å². The second-order valence-corrected chi connectivity index (χ2v) is 5.42. The number of hydrogen-bond acceptors (Lipinski definition) is 3. The number of rotatable bonds is 1. The fourth-order valence-corrected chi connectivity index (χ4v) is 2.19. The summed E-state index contributed by atoms with van der Waals surface area (Å²) in [5, 5.41) is 7.88. The highest BCUT2D eigenvalue weighted by Crippen LogP contribution is 2.22. The highest BCUT2D eigenvalue weighted by molar-refractivity contribution is 14.1. The maximum Gasteiger partial charge on any atom is 0.229 e. The van der Waals surface area contributed by atoms with Crippen LogP contribution in [0.3, 0.4) is 0 Å². The van der Waals surface area contributed by atoms with Crippen LogP contribution in [0.15, 0.2) is 12.1 Å². The van der Waals surface area contributed by atoms with Crippen molar-refractivity contribution in [2.45, 2.75) is 11.2 Å². The molecular formula is C8H7BrIN3O. The molecule has 0 N–H and O–H groups in total. The molecule has 1 aliphatic rings. The molecule has 2 heterocycles. The van der Waals surface area contributed by atoms with E-state index in [9.17, 15) is 4.79 Å². The normalized spacial score (nSPS) is 21.7. The summed E-state index contributed by atoms with van der Waals surface area (Å²) >= 11 is 5.50. The first kappa shape index (κ1) is 10.3. The molecule has 0 bridgehead atoms. The largest absolute Gasteiger partial charge is 0.294 e. The van der Waals surface area contributed by atoms with Crippen molar-refractivity contribution in [2.75, 3.05) is 11.4 Å². The Morgan fingerprint density at radius 2 is 2.29 bits per heavy atom. The molecule has 4 nitrogen and oxygen atoms in total. The van der Waals surface area contributed by atoms with Gasteiger partial charge in [-0.3, -0.25) is 9.69 Å². The molecule has 1 aromatic rings. The molecular weight excluding hydrogens is 361 g/mol. The van der Waals surface area contributed by atoms with Gasteiger partial charge in [0.25, 0.3) is 0 Å². The van der Waals surface area contributed by atoms with Gasteiger partial charge in [-0.15, -0.1) is 10.2 Å². The van der Waals surface area contributed by atoms with E-state index in [0.29, 0.717) is 18.8 Å². The van der Waals surface area contributed by atoms with Crippen LogP contribution in [-0.2, 0) is 4.79 Å². The van der Waals surface area contributed by atoms with Crippen molar-refractivity contribution in [1.82, 2.24) is 10.2 Å². The first-order chi connectivity index (χ1) is 6.66. The van der Waals surface area contributed by atoms with Gasteiger partial charge in [-0.1, -0.05) is 15.9 Å². The molecule has 1 aromatic heterocycles. The predicted octanol–water partition coefficient (Wildman–Crippen LogP) is 1.58.